The molecule has 1 heterocycles. The van der Waals surface area contributed by atoms with Gasteiger partial charge in [0.15, 0.2) is 0 Å². The smallest absolute Gasteiger partial charge is 0.259 e. The van der Waals surface area contributed by atoms with Gasteiger partial charge < -0.3 is 11.1 Å². The lowest BCUT2D eigenvalue weighted by Gasteiger charge is -2.10. The average molecular weight is 304 g/mol. The number of amides is 1. The normalized spacial score (nSPS) is 10.6. The van der Waals surface area contributed by atoms with Gasteiger partial charge in [0.2, 0.25) is 0 Å². The van der Waals surface area contributed by atoms with Crippen LogP contribution < -0.4 is 11.1 Å². The number of hydrogen-bond acceptors (Lipinski definition) is 4. The number of nitrogens with zero attached hydrogens (tertiary/aromatic N) is 2. The molecule has 0 saturated heterocycles. The van der Waals surface area contributed by atoms with Gasteiger partial charge in [-0.2, -0.15) is 5.10 Å². The van der Waals surface area contributed by atoms with E-state index in [1.54, 1.807) is 22.6 Å². The Morgan fingerprint density at radius 2 is 2.24 bits per heavy atom. The first-order valence-corrected chi connectivity index (χ1v) is 7.83. The van der Waals surface area contributed by atoms with E-state index in [2.05, 4.69) is 17.3 Å². The molecule has 0 unspecified atom stereocenters. The summed E-state index contributed by atoms with van der Waals surface area (Å²) >= 11 is 1.75. The summed E-state index contributed by atoms with van der Waals surface area (Å²) in [5.74, 6) is 0.851. The zero-order chi connectivity index (χ0) is 15.4. The van der Waals surface area contributed by atoms with Gasteiger partial charge >= 0.3 is 0 Å². The van der Waals surface area contributed by atoms with Crippen molar-refractivity contribution in [1.29, 1.82) is 0 Å². The first-order chi connectivity index (χ1) is 10.0. The van der Waals surface area contributed by atoms with Crippen molar-refractivity contribution in [1.82, 2.24) is 9.78 Å². The van der Waals surface area contributed by atoms with E-state index in [1.807, 2.05) is 32.2 Å². The molecule has 0 fully saturated rings. The van der Waals surface area contributed by atoms with Gasteiger partial charge in [-0.3, -0.25) is 9.48 Å². The first kappa shape index (κ1) is 15.4. The Hall–Kier alpha value is -1.95. The molecule has 0 aliphatic rings. The standard InChI is InChI=1S/C15H20N4OS/c1-4-7-21-11-5-6-13(16)14(8-11)18-15(20)12-9-17-19(3)10(12)2/h5-6,8-9H,4,7,16H2,1-3H3,(H,18,20). The third kappa shape index (κ3) is 3.58. The van der Waals surface area contributed by atoms with Crippen molar-refractivity contribution in [3.63, 3.8) is 0 Å². The predicted molar refractivity (Wildman–Crippen MR) is 87.8 cm³/mol. The lowest BCUT2D eigenvalue weighted by molar-refractivity contribution is 0.102. The molecule has 0 atom stereocenters. The number of nitrogen functional groups attached to an aromatic ring is 1. The van der Waals surface area contributed by atoms with Gasteiger partial charge in [0.05, 0.1) is 23.1 Å². The van der Waals surface area contributed by atoms with Gasteiger partial charge in [0, 0.05) is 17.6 Å². The summed E-state index contributed by atoms with van der Waals surface area (Å²) in [6.45, 7) is 4.00. The lowest BCUT2D eigenvalue weighted by atomic mass is 10.2. The van der Waals surface area contributed by atoms with Crippen LogP contribution in [0.4, 0.5) is 11.4 Å². The van der Waals surface area contributed by atoms with Crippen LogP contribution in [0.2, 0.25) is 0 Å². The Bertz CT molecular complexity index is 651. The van der Waals surface area contributed by atoms with Crippen LogP contribution in [0, 0.1) is 6.92 Å². The van der Waals surface area contributed by atoms with E-state index in [-0.39, 0.29) is 5.91 Å². The van der Waals surface area contributed by atoms with Crippen molar-refractivity contribution in [3.05, 3.63) is 35.7 Å². The highest BCUT2D eigenvalue weighted by Gasteiger charge is 2.14. The van der Waals surface area contributed by atoms with Gasteiger partial charge in [-0.05, 0) is 37.3 Å². The molecule has 0 aliphatic heterocycles. The summed E-state index contributed by atoms with van der Waals surface area (Å²) in [5.41, 5.74) is 8.53. The number of thioether (sulfide) groups is 1. The fourth-order valence-corrected chi connectivity index (χ4v) is 2.67. The molecule has 21 heavy (non-hydrogen) atoms. The van der Waals surface area contributed by atoms with Gasteiger partial charge in [0.1, 0.15) is 0 Å². The molecule has 3 N–H and O–H groups in total. The van der Waals surface area contributed by atoms with Crippen LogP contribution in [-0.4, -0.2) is 21.4 Å². The van der Waals surface area contributed by atoms with Crippen molar-refractivity contribution in [2.45, 2.75) is 25.2 Å². The van der Waals surface area contributed by atoms with Crippen molar-refractivity contribution >= 4 is 29.0 Å². The first-order valence-electron chi connectivity index (χ1n) is 6.85. The molecule has 1 aromatic heterocycles. The van der Waals surface area contributed by atoms with Crippen molar-refractivity contribution in [2.24, 2.45) is 7.05 Å². The van der Waals surface area contributed by atoms with E-state index in [0.717, 1.165) is 22.8 Å². The maximum atomic E-state index is 12.3. The summed E-state index contributed by atoms with van der Waals surface area (Å²) in [4.78, 5) is 13.4. The van der Waals surface area contributed by atoms with Crippen LogP contribution in [0.5, 0.6) is 0 Å². The number of rotatable bonds is 5. The van der Waals surface area contributed by atoms with Crippen LogP contribution in [0.25, 0.3) is 0 Å². The van der Waals surface area contributed by atoms with Crippen LogP contribution in [0.15, 0.2) is 29.3 Å². The van der Waals surface area contributed by atoms with E-state index in [0.29, 0.717) is 16.9 Å². The molecular weight excluding hydrogens is 284 g/mol. The number of benzene rings is 1. The van der Waals surface area contributed by atoms with Gasteiger partial charge in [-0.1, -0.05) is 6.92 Å². The SMILES string of the molecule is CCCSc1ccc(N)c(NC(=O)c2cnn(C)c2C)c1. The Morgan fingerprint density at radius 1 is 1.48 bits per heavy atom. The predicted octanol–water partition coefficient (Wildman–Crippen LogP) is 3.07. The Kier molecular flexibility index (Phi) is 4.90. The van der Waals surface area contributed by atoms with E-state index < -0.39 is 0 Å². The number of aryl methyl sites for hydroxylation is 1. The van der Waals surface area contributed by atoms with E-state index in [4.69, 9.17) is 5.73 Å². The van der Waals surface area contributed by atoms with E-state index in [9.17, 15) is 4.79 Å². The quantitative estimate of drug-likeness (QED) is 0.658. The van der Waals surface area contributed by atoms with Crippen LogP contribution in [-0.2, 0) is 7.05 Å². The minimum Gasteiger partial charge on any atom is -0.397 e. The number of nitrogens with one attached hydrogen (secondary N) is 1. The van der Waals surface area contributed by atoms with E-state index in [1.165, 1.54) is 0 Å². The maximum absolute atomic E-state index is 12.3. The molecule has 0 spiro atoms. The number of carbonyl (C=O) groups is 1. The summed E-state index contributed by atoms with van der Waals surface area (Å²) in [6, 6.07) is 5.71. The van der Waals surface area contributed by atoms with Gasteiger partial charge in [0.25, 0.3) is 5.91 Å². The lowest BCUT2D eigenvalue weighted by Crippen LogP contribution is -2.14. The second kappa shape index (κ2) is 6.67. The molecule has 0 aliphatic carbocycles. The molecule has 0 bridgehead atoms. The fourth-order valence-electron chi connectivity index (χ4n) is 1.86. The number of hydrogen-bond donors (Lipinski definition) is 2. The second-order valence-corrected chi connectivity index (χ2v) is 5.99. The van der Waals surface area contributed by atoms with Crippen LogP contribution in [0.3, 0.4) is 0 Å². The maximum Gasteiger partial charge on any atom is 0.259 e. The van der Waals surface area contributed by atoms with Crippen LogP contribution in [0.1, 0.15) is 29.4 Å². The topological polar surface area (TPSA) is 72.9 Å². The highest BCUT2D eigenvalue weighted by molar-refractivity contribution is 7.99. The van der Waals surface area contributed by atoms with Crippen molar-refractivity contribution in [2.75, 3.05) is 16.8 Å². The average Bonchev–Trinajstić information content (AvgIpc) is 2.80. The summed E-state index contributed by atoms with van der Waals surface area (Å²) in [7, 11) is 1.81. The highest BCUT2D eigenvalue weighted by atomic mass is 32.2. The minimum absolute atomic E-state index is 0.190. The summed E-state index contributed by atoms with van der Waals surface area (Å²) in [6.07, 6.45) is 2.67. The zero-order valence-corrected chi connectivity index (χ0v) is 13.3. The summed E-state index contributed by atoms with van der Waals surface area (Å²) < 4.78 is 1.67. The molecule has 5 nitrogen and oxygen atoms in total. The van der Waals surface area contributed by atoms with Crippen molar-refractivity contribution < 1.29 is 4.79 Å². The third-order valence-corrected chi connectivity index (χ3v) is 4.43. The molecule has 0 radical (unpaired) electrons. The fraction of sp³-hybridized carbons (Fsp3) is 0.333. The Labute approximate surface area is 128 Å². The largest absolute Gasteiger partial charge is 0.397 e. The second-order valence-electron chi connectivity index (χ2n) is 4.82. The molecule has 2 aromatic rings. The number of anilines is 2. The molecule has 112 valence electrons. The van der Waals surface area contributed by atoms with Gasteiger partial charge in [-0.15, -0.1) is 11.8 Å². The zero-order valence-electron chi connectivity index (χ0n) is 12.5. The highest BCUT2D eigenvalue weighted by Crippen LogP contribution is 2.27. The number of aromatic nitrogens is 2. The summed E-state index contributed by atoms with van der Waals surface area (Å²) in [5, 5.41) is 6.95. The number of carbonyl (C=O) groups excluding carboxylic acids is 1. The molecule has 6 heteroatoms. The van der Waals surface area contributed by atoms with E-state index >= 15 is 0 Å². The third-order valence-electron chi connectivity index (χ3n) is 3.23. The molecule has 2 rings (SSSR count). The monoisotopic (exact) mass is 304 g/mol. The molecule has 0 saturated carbocycles. The molecule has 1 aromatic carbocycles. The Balaban J connectivity index is 2.18. The molecule has 1 amide bonds. The van der Waals surface area contributed by atoms with Crippen LogP contribution >= 0.6 is 11.8 Å². The minimum atomic E-state index is -0.190. The van der Waals surface area contributed by atoms with Crippen molar-refractivity contribution in [3.8, 4) is 0 Å². The number of nitrogens with two attached hydrogens (primary N) is 1. The molecular formula is C15H20N4OS. The van der Waals surface area contributed by atoms with Gasteiger partial charge in [-0.25, -0.2) is 0 Å². The Morgan fingerprint density at radius 3 is 2.86 bits per heavy atom.